The minimum Gasteiger partial charge on any atom is -0.444 e. The second-order valence-corrected chi connectivity index (χ2v) is 6.88. The van der Waals surface area contributed by atoms with Crippen LogP contribution >= 0.6 is 0 Å². The lowest BCUT2D eigenvalue weighted by Gasteiger charge is -2.53. The van der Waals surface area contributed by atoms with Crippen molar-refractivity contribution in [3.8, 4) is 0 Å². The Labute approximate surface area is 120 Å². The van der Waals surface area contributed by atoms with E-state index in [4.69, 9.17) is 4.74 Å². The zero-order chi connectivity index (χ0) is 15.0. The number of nitrogens with zero attached hydrogens (tertiary/aromatic N) is 2. The lowest BCUT2D eigenvalue weighted by molar-refractivity contribution is -0.0549. The van der Waals surface area contributed by atoms with E-state index in [9.17, 15) is 9.59 Å². The van der Waals surface area contributed by atoms with Crippen molar-refractivity contribution in [2.24, 2.45) is 5.41 Å². The van der Waals surface area contributed by atoms with Crippen molar-refractivity contribution in [1.82, 2.24) is 15.1 Å². The third kappa shape index (κ3) is 3.16. The summed E-state index contributed by atoms with van der Waals surface area (Å²) in [6.45, 7) is 8.67. The number of likely N-dealkylation sites (tertiary alicyclic amines) is 2. The van der Waals surface area contributed by atoms with E-state index in [0.717, 1.165) is 39.0 Å². The fourth-order valence-electron chi connectivity index (χ4n) is 2.88. The fraction of sp³-hybridized carbons (Fsp3) is 0.857. The van der Waals surface area contributed by atoms with Gasteiger partial charge in [-0.05, 0) is 33.6 Å². The first-order chi connectivity index (χ1) is 9.25. The Morgan fingerprint density at radius 3 is 2.10 bits per heavy atom. The van der Waals surface area contributed by atoms with Crippen LogP contribution in [0.1, 0.15) is 33.6 Å². The first kappa shape index (κ1) is 14.9. The highest BCUT2D eigenvalue weighted by Gasteiger charge is 2.48. The van der Waals surface area contributed by atoms with Crippen LogP contribution in [0, 0.1) is 5.41 Å². The van der Waals surface area contributed by atoms with E-state index in [0.29, 0.717) is 0 Å². The quantitative estimate of drug-likeness (QED) is 0.735. The van der Waals surface area contributed by atoms with Gasteiger partial charge in [-0.15, -0.1) is 0 Å². The van der Waals surface area contributed by atoms with Crippen molar-refractivity contribution in [2.75, 3.05) is 33.2 Å². The molecule has 6 heteroatoms. The molecule has 0 atom stereocenters. The van der Waals surface area contributed by atoms with Crippen molar-refractivity contribution in [3.05, 3.63) is 0 Å². The summed E-state index contributed by atoms with van der Waals surface area (Å²) in [5.41, 5.74) is -0.246. The van der Waals surface area contributed by atoms with E-state index in [1.54, 1.807) is 11.9 Å². The second kappa shape index (κ2) is 5.14. The highest BCUT2D eigenvalue weighted by molar-refractivity contribution is 5.74. The molecule has 0 unspecified atom stereocenters. The van der Waals surface area contributed by atoms with Crippen LogP contribution in [0.2, 0.25) is 0 Å². The van der Waals surface area contributed by atoms with Gasteiger partial charge in [0, 0.05) is 38.6 Å². The third-order valence-corrected chi connectivity index (χ3v) is 4.03. The molecule has 2 saturated heterocycles. The highest BCUT2D eigenvalue weighted by Crippen LogP contribution is 2.40. The number of hydrogen-bond acceptors (Lipinski definition) is 3. The van der Waals surface area contributed by atoms with Gasteiger partial charge in [0.2, 0.25) is 0 Å². The van der Waals surface area contributed by atoms with Gasteiger partial charge < -0.3 is 19.9 Å². The predicted molar refractivity (Wildman–Crippen MR) is 75.5 cm³/mol. The number of carbonyl (C=O) groups excluding carboxylic acids is 2. The third-order valence-electron chi connectivity index (χ3n) is 4.03. The van der Waals surface area contributed by atoms with Crippen LogP contribution in [0.15, 0.2) is 0 Å². The maximum Gasteiger partial charge on any atom is 0.410 e. The summed E-state index contributed by atoms with van der Waals surface area (Å²) in [5.74, 6) is 0. The topological polar surface area (TPSA) is 61.9 Å². The fourth-order valence-corrected chi connectivity index (χ4v) is 2.88. The number of carbonyl (C=O) groups is 2. The van der Waals surface area contributed by atoms with E-state index < -0.39 is 5.60 Å². The Balaban J connectivity index is 1.79. The number of amides is 3. The molecule has 2 fully saturated rings. The van der Waals surface area contributed by atoms with Crippen molar-refractivity contribution in [2.45, 2.75) is 39.2 Å². The molecule has 3 amide bonds. The van der Waals surface area contributed by atoms with E-state index in [-0.39, 0.29) is 17.5 Å². The van der Waals surface area contributed by atoms with Crippen LogP contribution in [-0.4, -0.2) is 60.8 Å². The van der Waals surface area contributed by atoms with Crippen molar-refractivity contribution in [1.29, 1.82) is 0 Å². The number of hydrogen-bond donors (Lipinski definition) is 1. The standard InChI is InChI=1S/C14H25N3O3/c1-13(2,3)20-12(19)17-9-14(10-17)5-7-16(8-6-14)11(18)15-4/h5-10H2,1-4H3,(H,15,18). The Morgan fingerprint density at radius 1 is 1.10 bits per heavy atom. The Morgan fingerprint density at radius 2 is 1.65 bits per heavy atom. The van der Waals surface area contributed by atoms with Crippen molar-refractivity contribution >= 4 is 12.1 Å². The molecule has 0 aromatic rings. The molecule has 20 heavy (non-hydrogen) atoms. The summed E-state index contributed by atoms with van der Waals surface area (Å²) in [5, 5.41) is 2.65. The van der Waals surface area contributed by atoms with Gasteiger partial charge in [-0.1, -0.05) is 0 Å². The van der Waals surface area contributed by atoms with E-state index in [1.807, 2.05) is 25.7 Å². The number of ether oxygens (including phenoxy) is 1. The van der Waals surface area contributed by atoms with Gasteiger partial charge in [-0.3, -0.25) is 0 Å². The van der Waals surface area contributed by atoms with Gasteiger partial charge in [0.1, 0.15) is 5.60 Å². The summed E-state index contributed by atoms with van der Waals surface area (Å²) >= 11 is 0. The molecule has 0 aromatic heterocycles. The monoisotopic (exact) mass is 283 g/mol. The minimum absolute atomic E-state index is 0.0110. The summed E-state index contributed by atoms with van der Waals surface area (Å²) in [7, 11) is 1.65. The zero-order valence-electron chi connectivity index (χ0n) is 12.9. The molecule has 1 N–H and O–H groups in total. The first-order valence-corrected chi connectivity index (χ1v) is 7.19. The van der Waals surface area contributed by atoms with Gasteiger partial charge in [0.25, 0.3) is 0 Å². The smallest absolute Gasteiger partial charge is 0.410 e. The molecular formula is C14H25N3O3. The lowest BCUT2D eigenvalue weighted by atomic mass is 9.72. The van der Waals surface area contributed by atoms with Crippen molar-refractivity contribution < 1.29 is 14.3 Å². The van der Waals surface area contributed by atoms with Crippen LogP contribution in [0.3, 0.4) is 0 Å². The Kier molecular flexibility index (Phi) is 3.84. The average Bonchev–Trinajstić information content (AvgIpc) is 2.33. The van der Waals surface area contributed by atoms with E-state index in [2.05, 4.69) is 5.32 Å². The van der Waals surface area contributed by atoms with E-state index >= 15 is 0 Å². The minimum atomic E-state index is -0.442. The molecule has 114 valence electrons. The van der Waals surface area contributed by atoms with Gasteiger partial charge in [-0.25, -0.2) is 9.59 Å². The summed E-state index contributed by atoms with van der Waals surface area (Å²) < 4.78 is 5.36. The first-order valence-electron chi connectivity index (χ1n) is 7.19. The zero-order valence-corrected chi connectivity index (χ0v) is 12.9. The number of piperidine rings is 1. The Bertz CT molecular complexity index is 387. The normalized spacial score (nSPS) is 21.4. The summed E-state index contributed by atoms with van der Waals surface area (Å²) in [6, 6.07) is -0.0110. The number of rotatable bonds is 0. The van der Waals surface area contributed by atoms with Gasteiger partial charge in [-0.2, -0.15) is 0 Å². The molecule has 2 aliphatic rings. The van der Waals surface area contributed by atoms with E-state index in [1.165, 1.54) is 0 Å². The van der Waals surface area contributed by atoms with Gasteiger partial charge >= 0.3 is 12.1 Å². The molecule has 0 aliphatic carbocycles. The lowest BCUT2D eigenvalue weighted by Crippen LogP contribution is -2.63. The van der Waals surface area contributed by atoms with Gasteiger partial charge in [0.15, 0.2) is 0 Å². The number of nitrogens with one attached hydrogen (secondary N) is 1. The molecule has 2 aliphatic heterocycles. The second-order valence-electron chi connectivity index (χ2n) is 6.88. The van der Waals surface area contributed by atoms with Crippen LogP contribution in [0.5, 0.6) is 0 Å². The average molecular weight is 283 g/mol. The maximum absolute atomic E-state index is 11.9. The van der Waals surface area contributed by atoms with Gasteiger partial charge in [0.05, 0.1) is 0 Å². The molecule has 0 bridgehead atoms. The number of urea groups is 1. The summed E-state index contributed by atoms with van der Waals surface area (Å²) in [6.07, 6.45) is 1.69. The molecule has 2 rings (SSSR count). The van der Waals surface area contributed by atoms with Crippen LogP contribution in [0.4, 0.5) is 9.59 Å². The molecule has 2 heterocycles. The maximum atomic E-state index is 11.9. The summed E-state index contributed by atoms with van der Waals surface area (Å²) in [4.78, 5) is 27.1. The highest BCUT2D eigenvalue weighted by atomic mass is 16.6. The molecule has 0 aromatic carbocycles. The molecular weight excluding hydrogens is 258 g/mol. The largest absolute Gasteiger partial charge is 0.444 e. The molecule has 6 nitrogen and oxygen atoms in total. The predicted octanol–water partition coefficient (Wildman–Crippen LogP) is 1.66. The molecule has 1 spiro atoms. The van der Waals surface area contributed by atoms with Crippen LogP contribution in [0.25, 0.3) is 0 Å². The van der Waals surface area contributed by atoms with Crippen LogP contribution in [-0.2, 0) is 4.74 Å². The SMILES string of the molecule is CNC(=O)N1CCC2(CC1)CN(C(=O)OC(C)(C)C)C2. The van der Waals surface area contributed by atoms with Crippen LogP contribution < -0.4 is 5.32 Å². The van der Waals surface area contributed by atoms with Crippen molar-refractivity contribution in [3.63, 3.8) is 0 Å². The molecule has 0 saturated carbocycles. The Hall–Kier alpha value is -1.46. The molecule has 0 radical (unpaired) electrons.